The van der Waals surface area contributed by atoms with Gasteiger partial charge in [-0.15, -0.1) is 0 Å². The van der Waals surface area contributed by atoms with Crippen LogP contribution in [-0.4, -0.2) is 11.0 Å². The van der Waals surface area contributed by atoms with Crippen LogP contribution in [0.2, 0.25) is 0 Å². The van der Waals surface area contributed by atoms with Gasteiger partial charge >= 0.3 is 0 Å². The SMILES string of the molecule is CCC(Nc1ccc(C(N)=S)c(F)c1F)C1CCCCC1. The van der Waals surface area contributed by atoms with Crippen LogP contribution >= 0.6 is 12.2 Å². The summed E-state index contributed by atoms with van der Waals surface area (Å²) in [5.41, 5.74) is 5.54. The van der Waals surface area contributed by atoms with Crippen molar-refractivity contribution in [1.29, 1.82) is 0 Å². The summed E-state index contributed by atoms with van der Waals surface area (Å²) >= 11 is 4.72. The maximum absolute atomic E-state index is 14.1. The zero-order chi connectivity index (χ0) is 15.4. The Hall–Kier alpha value is -1.23. The third kappa shape index (κ3) is 3.70. The van der Waals surface area contributed by atoms with Crippen molar-refractivity contribution in [2.75, 3.05) is 5.32 Å². The number of nitrogens with one attached hydrogen (secondary N) is 1. The molecular weight excluding hydrogens is 290 g/mol. The summed E-state index contributed by atoms with van der Waals surface area (Å²) in [6, 6.07) is 3.14. The Labute approximate surface area is 130 Å². The molecule has 1 fully saturated rings. The number of nitrogens with two attached hydrogens (primary N) is 1. The fourth-order valence-corrected chi connectivity index (χ4v) is 3.30. The number of benzene rings is 1. The first-order chi connectivity index (χ1) is 10.0. The third-order valence-electron chi connectivity index (χ3n) is 4.35. The van der Waals surface area contributed by atoms with E-state index >= 15 is 0 Å². The summed E-state index contributed by atoms with van der Waals surface area (Å²) in [5.74, 6) is -1.33. The maximum atomic E-state index is 14.1. The molecule has 21 heavy (non-hydrogen) atoms. The number of thiocarbonyl (C=S) groups is 1. The molecule has 1 aliphatic rings. The molecule has 0 spiro atoms. The van der Waals surface area contributed by atoms with Gasteiger partial charge in [-0.1, -0.05) is 38.4 Å². The second-order valence-corrected chi connectivity index (χ2v) is 6.15. The summed E-state index contributed by atoms with van der Waals surface area (Å²) in [5, 5.41) is 3.17. The van der Waals surface area contributed by atoms with E-state index in [2.05, 4.69) is 12.2 Å². The fraction of sp³-hybridized carbons (Fsp3) is 0.562. The van der Waals surface area contributed by atoms with Crippen LogP contribution in [0.5, 0.6) is 0 Å². The number of rotatable bonds is 5. The molecule has 1 aromatic rings. The average molecular weight is 312 g/mol. The Balaban J connectivity index is 2.17. The first-order valence-corrected chi connectivity index (χ1v) is 7.99. The second kappa shape index (κ2) is 7.16. The van der Waals surface area contributed by atoms with Crippen molar-refractivity contribution in [2.24, 2.45) is 11.7 Å². The summed E-state index contributed by atoms with van der Waals surface area (Å²) in [4.78, 5) is -0.128. The lowest BCUT2D eigenvalue weighted by molar-refractivity contribution is 0.312. The van der Waals surface area contributed by atoms with Gasteiger partial charge in [-0.2, -0.15) is 0 Å². The first-order valence-electron chi connectivity index (χ1n) is 7.59. The van der Waals surface area contributed by atoms with Gasteiger partial charge in [0.25, 0.3) is 0 Å². The highest BCUT2D eigenvalue weighted by atomic mass is 32.1. The Morgan fingerprint density at radius 1 is 1.29 bits per heavy atom. The Morgan fingerprint density at radius 3 is 2.52 bits per heavy atom. The number of hydrogen-bond donors (Lipinski definition) is 2. The zero-order valence-corrected chi connectivity index (χ0v) is 13.1. The zero-order valence-electron chi connectivity index (χ0n) is 12.3. The maximum Gasteiger partial charge on any atom is 0.182 e. The van der Waals surface area contributed by atoms with Crippen LogP contribution in [0.15, 0.2) is 12.1 Å². The van der Waals surface area contributed by atoms with E-state index in [9.17, 15) is 8.78 Å². The van der Waals surface area contributed by atoms with E-state index in [0.29, 0.717) is 5.92 Å². The molecule has 0 bridgehead atoms. The number of anilines is 1. The van der Waals surface area contributed by atoms with E-state index in [1.54, 1.807) is 0 Å². The quantitative estimate of drug-likeness (QED) is 0.793. The van der Waals surface area contributed by atoms with Crippen LogP contribution in [0.4, 0.5) is 14.5 Å². The van der Waals surface area contributed by atoms with E-state index in [4.69, 9.17) is 18.0 Å². The smallest absolute Gasteiger partial charge is 0.182 e. The molecular formula is C16H22F2N2S. The predicted molar refractivity (Wildman–Crippen MR) is 86.5 cm³/mol. The molecule has 5 heteroatoms. The Bertz CT molecular complexity index is 513. The summed E-state index contributed by atoms with van der Waals surface area (Å²) in [7, 11) is 0. The van der Waals surface area contributed by atoms with E-state index in [-0.39, 0.29) is 22.3 Å². The summed E-state index contributed by atoms with van der Waals surface area (Å²) in [6.07, 6.45) is 6.92. The minimum Gasteiger partial charge on any atom is -0.389 e. The van der Waals surface area contributed by atoms with E-state index in [1.807, 2.05) is 0 Å². The van der Waals surface area contributed by atoms with E-state index in [0.717, 1.165) is 19.3 Å². The van der Waals surface area contributed by atoms with Gasteiger partial charge in [-0.3, -0.25) is 0 Å². The van der Waals surface area contributed by atoms with Crippen molar-refractivity contribution in [3.05, 3.63) is 29.3 Å². The number of halogens is 2. The molecule has 0 heterocycles. The van der Waals surface area contributed by atoms with Crippen molar-refractivity contribution in [3.8, 4) is 0 Å². The molecule has 0 radical (unpaired) electrons. The van der Waals surface area contributed by atoms with Gasteiger partial charge in [0.15, 0.2) is 11.6 Å². The van der Waals surface area contributed by atoms with Gasteiger partial charge in [0.05, 0.1) is 5.69 Å². The lowest BCUT2D eigenvalue weighted by atomic mass is 9.83. The van der Waals surface area contributed by atoms with Gasteiger partial charge in [-0.25, -0.2) is 8.78 Å². The summed E-state index contributed by atoms with van der Waals surface area (Å²) in [6.45, 7) is 2.07. The topological polar surface area (TPSA) is 38.0 Å². The lowest BCUT2D eigenvalue weighted by Crippen LogP contribution is -2.30. The Kier molecular flexibility index (Phi) is 5.51. The van der Waals surface area contributed by atoms with Crippen LogP contribution in [-0.2, 0) is 0 Å². The standard InChI is InChI=1S/C16H22F2N2S/c1-2-12(10-6-4-3-5-7-10)20-13-9-8-11(16(19)21)14(17)15(13)18/h8-10,12,20H,2-7H2,1H3,(H2,19,21). The minimum atomic E-state index is -0.967. The molecule has 3 N–H and O–H groups in total. The number of hydrogen-bond acceptors (Lipinski definition) is 2. The predicted octanol–water partition coefficient (Wildman–Crippen LogP) is 4.37. The molecule has 1 aromatic carbocycles. The highest BCUT2D eigenvalue weighted by molar-refractivity contribution is 7.80. The van der Waals surface area contributed by atoms with Gasteiger partial charge in [-0.05, 0) is 37.3 Å². The van der Waals surface area contributed by atoms with Crippen LogP contribution < -0.4 is 11.1 Å². The van der Waals surface area contributed by atoms with E-state index < -0.39 is 11.6 Å². The molecule has 1 atom stereocenters. The molecule has 1 unspecified atom stereocenters. The van der Waals surface area contributed by atoms with Crippen LogP contribution in [0.1, 0.15) is 51.0 Å². The molecule has 2 nitrogen and oxygen atoms in total. The molecule has 0 aliphatic heterocycles. The Morgan fingerprint density at radius 2 is 1.95 bits per heavy atom. The molecule has 0 saturated heterocycles. The third-order valence-corrected chi connectivity index (χ3v) is 4.57. The summed E-state index contributed by atoms with van der Waals surface area (Å²) < 4.78 is 28.1. The molecule has 0 amide bonds. The van der Waals surface area contributed by atoms with Crippen molar-refractivity contribution in [3.63, 3.8) is 0 Å². The molecule has 1 aliphatic carbocycles. The van der Waals surface area contributed by atoms with Gasteiger partial charge in [0, 0.05) is 11.6 Å². The van der Waals surface area contributed by atoms with Crippen LogP contribution in [0.3, 0.4) is 0 Å². The van der Waals surface area contributed by atoms with Crippen molar-refractivity contribution in [1.82, 2.24) is 0 Å². The molecule has 2 rings (SSSR count). The van der Waals surface area contributed by atoms with Crippen LogP contribution in [0.25, 0.3) is 0 Å². The lowest BCUT2D eigenvalue weighted by Gasteiger charge is -2.31. The molecule has 0 aromatic heterocycles. The fourth-order valence-electron chi connectivity index (χ4n) is 3.14. The minimum absolute atomic E-state index is 0.0428. The van der Waals surface area contributed by atoms with E-state index in [1.165, 1.54) is 31.4 Å². The highest BCUT2D eigenvalue weighted by Gasteiger charge is 2.24. The second-order valence-electron chi connectivity index (χ2n) is 5.71. The highest BCUT2D eigenvalue weighted by Crippen LogP contribution is 2.31. The van der Waals surface area contributed by atoms with Gasteiger partial charge in [0.1, 0.15) is 4.99 Å². The van der Waals surface area contributed by atoms with Crippen LogP contribution in [0, 0.1) is 17.6 Å². The normalized spacial score (nSPS) is 17.5. The van der Waals surface area contributed by atoms with Crippen molar-refractivity contribution >= 4 is 22.9 Å². The monoisotopic (exact) mass is 312 g/mol. The van der Waals surface area contributed by atoms with Crippen molar-refractivity contribution in [2.45, 2.75) is 51.5 Å². The average Bonchev–Trinajstić information content (AvgIpc) is 2.49. The molecule has 116 valence electrons. The van der Waals surface area contributed by atoms with Gasteiger partial charge < -0.3 is 11.1 Å². The largest absolute Gasteiger partial charge is 0.389 e. The van der Waals surface area contributed by atoms with Gasteiger partial charge in [0.2, 0.25) is 0 Å². The first kappa shape index (κ1) is 16.1. The van der Waals surface area contributed by atoms with Crippen molar-refractivity contribution < 1.29 is 8.78 Å². The molecule has 1 saturated carbocycles.